The normalized spacial score (nSPS) is 10.6. The van der Waals surface area contributed by atoms with E-state index in [-0.39, 0.29) is 16.5 Å². The zero-order valence-corrected chi connectivity index (χ0v) is 19.8. The van der Waals surface area contributed by atoms with Gasteiger partial charge in [0, 0.05) is 11.1 Å². The summed E-state index contributed by atoms with van der Waals surface area (Å²) in [5.74, 6) is 0.703. The molecule has 0 bridgehead atoms. The van der Waals surface area contributed by atoms with Crippen LogP contribution in [0.1, 0.15) is 0 Å². The topological polar surface area (TPSA) is 98.7 Å². The largest absolute Gasteiger partial charge is 2.00 e. The van der Waals surface area contributed by atoms with E-state index >= 15 is 0 Å². The molecule has 168 valence electrons. The molecule has 0 N–H and O–H groups in total. The smallest absolute Gasteiger partial charge is 0.558 e. The summed E-state index contributed by atoms with van der Waals surface area (Å²) in [6.07, 6.45) is 0. The quantitative estimate of drug-likeness (QED) is 0.245. The van der Waals surface area contributed by atoms with Crippen molar-refractivity contribution in [1.82, 2.24) is 0 Å². The summed E-state index contributed by atoms with van der Waals surface area (Å²) in [6.45, 7) is 0. The van der Waals surface area contributed by atoms with Gasteiger partial charge in [0.25, 0.3) is 0 Å². The van der Waals surface area contributed by atoms with Crippen LogP contribution in [-0.2, 0) is 25.6 Å². The Morgan fingerprint density at radius 1 is 0.485 bits per heavy atom. The van der Waals surface area contributed by atoms with Crippen LogP contribution in [0.2, 0.25) is 0 Å². The minimum Gasteiger partial charge on any atom is -0.558 e. The minimum atomic E-state index is -2.88. The van der Waals surface area contributed by atoms with E-state index in [1.165, 1.54) is 0 Å². The summed E-state index contributed by atoms with van der Waals surface area (Å²) in [6, 6.07) is 33.1. The number of para-hydroxylation sites is 2. The molecule has 0 spiro atoms. The van der Waals surface area contributed by atoms with Crippen LogP contribution in [-0.4, -0.2) is 0 Å². The molecule has 2 unspecified atom stereocenters. The van der Waals surface area contributed by atoms with Crippen LogP contribution in [0.25, 0.3) is 22.3 Å². The van der Waals surface area contributed by atoms with Gasteiger partial charge < -0.3 is 9.79 Å². The van der Waals surface area contributed by atoms with Crippen LogP contribution in [0.4, 0.5) is 0 Å². The molecule has 4 aromatic carbocycles. The van der Waals surface area contributed by atoms with Crippen LogP contribution >= 0.6 is 16.5 Å². The van der Waals surface area contributed by atoms with Gasteiger partial charge in [-0.3, -0.25) is 9.05 Å². The second kappa shape index (κ2) is 13.6. The molecule has 0 amide bonds. The Morgan fingerprint density at radius 3 is 1.12 bits per heavy atom. The Kier molecular flexibility index (Phi) is 10.9. The van der Waals surface area contributed by atoms with E-state index in [1.807, 2.05) is 84.9 Å². The third kappa shape index (κ3) is 8.18. The second-order valence-electron chi connectivity index (χ2n) is 6.35. The summed E-state index contributed by atoms with van der Waals surface area (Å²) in [5.41, 5.74) is 3.38. The van der Waals surface area contributed by atoms with Crippen molar-refractivity contribution in [3.8, 4) is 33.8 Å². The molecule has 0 aliphatic heterocycles. The number of hydrogen-bond donors (Lipinski definition) is 0. The van der Waals surface area contributed by atoms with Crippen molar-refractivity contribution >= 4 is 16.5 Å². The molecular formula is C24H18NiO6P2+2. The molecule has 0 saturated carbocycles. The van der Waals surface area contributed by atoms with Gasteiger partial charge in [-0.15, -0.1) is 0 Å². The maximum absolute atomic E-state index is 10.6. The fourth-order valence-corrected chi connectivity index (χ4v) is 3.61. The standard InChI is InChI=1S/2C12H9O3P.Ni/c2*13-16(14)15-12-9-5-4-8-11(12)10-6-2-1-3-7-10;/h2*1-9H;/q;;+2. The SMILES string of the molecule is O=[P+]([O-])Oc1ccccc1-c1ccccc1.O=[P+]([O-])Oc1ccccc1-c1ccccc1.[Ni+2]. The van der Waals surface area contributed by atoms with Crippen molar-refractivity contribution in [2.24, 2.45) is 0 Å². The van der Waals surface area contributed by atoms with E-state index < -0.39 is 16.5 Å². The first kappa shape index (κ1) is 26.3. The molecular weight excluding hydrogens is 505 g/mol. The molecule has 0 aromatic heterocycles. The molecule has 2 atom stereocenters. The summed E-state index contributed by atoms with van der Waals surface area (Å²) < 4.78 is 30.6. The van der Waals surface area contributed by atoms with E-state index in [0.29, 0.717) is 11.5 Å². The number of hydrogen-bond acceptors (Lipinski definition) is 6. The Bertz CT molecular complexity index is 1090. The minimum absolute atomic E-state index is 0. The molecule has 4 rings (SSSR count). The summed E-state index contributed by atoms with van der Waals surface area (Å²) in [4.78, 5) is 21.1. The Hall–Kier alpha value is -2.91. The Balaban J connectivity index is 0.000000227. The van der Waals surface area contributed by atoms with Crippen LogP contribution < -0.4 is 18.8 Å². The van der Waals surface area contributed by atoms with Gasteiger partial charge in [-0.25, -0.2) is 0 Å². The Labute approximate surface area is 203 Å². The zero-order valence-electron chi connectivity index (χ0n) is 17.1. The molecule has 0 saturated heterocycles. The maximum Gasteiger partial charge on any atom is 2.00 e. The van der Waals surface area contributed by atoms with E-state index in [4.69, 9.17) is 9.05 Å². The van der Waals surface area contributed by atoms with Gasteiger partial charge in [0.05, 0.1) is 0 Å². The van der Waals surface area contributed by atoms with Crippen molar-refractivity contribution in [3.63, 3.8) is 0 Å². The fraction of sp³-hybridized carbons (Fsp3) is 0. The predicted octanol–water partition coefficient (Wildman–Crippen LogP) is 5.50. The molecule has 4 aromatic rings. The Morgan fingerprint density at radius 2 is 0.788 bits per heavy atom. The van der Waals surface area contributed by atoms with E-state index in [2.05, 4.69) is 0 Å². The zero-order chi connectivity index (χ0) is 22.8. The summed E-state index contributed by atoms with van der Waals surface area (Å²) >= 11 is 0. The van der Waals surface area contributed by atoms with Crippen LogP contribution in [0.3, 0.4) is 0 Å². The maximum atomic E-state index is 10.6. The molecule has 0 aliphatic carbocycles. The molecule has 0 radical (unpaired) electrons. The fourth-order valence-electron chi connectivity index (χ4n) is 2.97. The summed E-state index contributed by atoms with van der Waals surface area (Å²) in [5, 5.41) is 0. The van der Waals surface area contributed by atoms with Gasteiger partial charge in [-0.2, -0.15) is 0 Å². The van der Waals surface area contributed by atoms with Gasteiger partial charge >= 0.3 is 33.0 Å². The summed E-state index contributed by atoms with van der Waals surface area (Å²) in [7, 11) is -5.77. The van der Waals surface area contributed by atoms with E-state index in [0.717, 1.165) is 22.3 Å². The second-order valence-corrected chi connectivity index (χ2v) is 7.61. The molecule has 9 heteroatoms. The van der Waals surface area contributed by atoms with Gasteiger partial charge in [0.15, 0.2) is 11.5 Å². The first-order valence-electron chi connectivity index (χ1n) is 9.48. The van der Waals surface area contributed by atoms with Gasteiger partial charge in [-0.05, 0) is 32.4 Å². The van der Waals surface area contributed by atoms with Gasteiger partial charge in [-0.1, -0.05) is 97.1 Å². The molecule has 6 nitrogen and oxygen atoms in total. The van der Waals surface area contributed by atoms with Crippen LogP contribution in [0.15, 0.2) is 109 Å². The van der Waals surface area contributed by atoms with Crippen molar-refractivity contribution in [2.45, 2.75) is 0 Å². The third-order valence-corrected chi connectivity index (χ3v) is 4.98. The molecule has 0 heterocycles. The van der Waals surface area contributed by atoms with Crippen LogP contribution in [0.5, 0.6) is 11.5 Å². The first-order chi connectivity index (χ1) is 15.5. The van der Waals surface area contributed by atoms with Gasteiger partial charge in [0.1, 0.15) is 0 Å². The monoisotopic (exact) mass is 522 g/mol. The average Bonchev–Trinajstić information content (AvgIpc) is 2.81. The number of rotatable bonds is 6. The van der Waals surface area contributed by atoms with Crippen LogP contribution in [0, 0.1) is 0 Å². The first-order valence-corrected chi connectivity index (χ1v) is 11.7. The average molecular weight is 523 g/mol. The third-order valence-electron chi connectivity index (χ3n) is 4.29. The predicted molar refractivity (Wildman–Crippen MR) is 120 cm³/mol. The van der Waals surface area contributed by atoms with Crippen molar-refractivity contribution in [3.05, 3.63) is 109 Å². The van der Waals surface area contributed by atoms with Crippen molar-refractivity contribution < 1.29 is 44.5 Å². The molecule has 0 fully saturated rings. The van der Waals surface area contributed by atoms with Crippen molar-refractivity contribution in [2.75, 3.05) is 0 Å². The van der Waals surface area contributed by atoms with Crippen molar-refractivity contribution in [1.29, 1.82) is 0 Å². The molecule has 33 heavy (non-hydrogen) atoms. The number of benzene rings is 4. The molecule has 0 aliphatic rings. The van der Waals surface area contributed by atoms with Gasteiger partial charge in [0.2, 0.25) is 0 Å². The van der Waals surface area contributed by atoms with E-state index in [9.17, 15) is 18.9 Å². The van der Waals surface area contributed by atoms with E-state index in [1.54, 1.807) is 24.3 Å².